The molecule has 0 N–H and O–H groups in total. The molecule has 0 saturated carbocycles. The van der Waals surface area contributed by atoms with E-state index in [1.165, 1.54) is 12.1 Å². The maximum atomic E-state index is 10.9. The summed E-state index contributed by atoms with van der Waals surface area (Å²) in [6.45, 7) is 0. The molecule has 12 heavy (non-hydrogen) atoms. The van der Waals surface area contributed by atoms with Crippen LogP contribution in [0.4, 0.5) is 5.69 Å². The highest BCUT2D eigenvalue weighted by molar-refractivity contribution is 6.17. The molecule has 0 aliphatic rings. The van der Waals surface area contributed by atoms with E-state index >= 15 is 0 Å². The van der Waals surface area contributed by atoms with Crippen LogP contribution in [0.5, 0.6) is 5.75 Å². The molecule has 0 spiro atoms. The molecule has 0 unspecified atom stereocenters. The first-order valence-electron chi connectivity index (χ1n) is 3.15. The zero-order valence-corrected chi connectivity index (χ0v) is 6.75. The predicted molar refractivity (Wildman–Crippen MR) is 42.1 cm³/mol. The van der Waals surface area contributed by atoms with Gasteiger partial charge in [0.2, 0.25) is 0 Å². The fraction of sp³-hybridized carbons (Fsp3) is 0.143. The molecule has 0 bridgehead atoms. The lowest BCUT2D eigenvalue weighted by molar-refractivity contribution is -0.385. The largest absolute Gasteiger partial charge is 0.872 e. The minimum absolute atomic E-state index is 0.000509. The molecule has 0 atom stereocenters. The van der Waals surface area contributed by atoms with Crippen LogP contribution in [0.25, 0.3) is 0 Å². The van der Waals surface area contributed by atoms with Crippen LogP contribution in [0.3, 0.4) is 0 Å². The summed E-state index contributed by atoms with van der Waals surface area (Å²) in [6, 6.07) is 3.50. The summed E-state index contributed by atoms with van der Waals surface area (Å²) in [7, 11) is 0. The van der Waals surface area contributed by atoms with Crippen LogP contribution in [-0.2, 0) is 5.88 Å². The Morgan fingerprint density at radius 1 is 1.50 bits per heavy atom. The van der Waals surface area contributed by atoms with Gasteiger partial charge in [-0.1, -0.05) is 6.07 Å². The van der Waals surface area contributed by atoms with Crippen molar-refractivity contribution < 1.29 is 10.0 Å². The van der Waals surface area contributed by atoms with Gasteiger partial charge in [0.05, 0.1) is 4.92 Å². The molecule has 1 aromatic rings. The van der Waals surface area contributed by atoms with E-state index in [0.717, 1.165) is 6.07 Å². The number of non-ortho nitro benzene ring substituents is 1. The highest BCUT2D eigenvalue weighted by atomic mass is 35.5. The van der Waals surface area contributed by atoms with E-state index in [9.17, 15) is 15.2 Å². The summed E-state index contributed by atoms with van der Waals surface area (Å²) >= 11 is 5.39. The lowest BCUT2D eigenvalue weighted by Gasteiger charge is -2.09. The van der Waals surface area contributed by atoms with Crippen LogP contribution in [-0.4, -0.2) is 4.92 Å². The summed E-state index contributed by atoms with van der Waals surface area (Å²) < 4.78 is 0. The second kappa shape index (κ2) is 3.40. The molecule has 1 aromatic carbocycles. The molecule has 0 aliphatic heterocycles. The number of alkyl halides is 1. The number of hydrogen-bond acceptors (Lipinski definition) is 3. The van der Waals surface area contributed by atoms with Gasteiger partial charge in [-0.05, 0) is 5.56 Å². The maximum absolute atomic E-state index is 10.9. The van der Waals surface area contributed by atoms with E-state index in [4.69, 9.17) is 11.6 Å². The van der Waals surface area contributed by atoms with Gasteiger partial charge in [0.15, 0.2) is 0 Å². The highest BCUT2D eigenvalue weighted by Crippen LogP contribution is 2.21. The minimum Gasteiger partial charge on any atom is -0.872 e. The van der Waals surface area contributed by atoms with Gasteiger partial charge >= 0.3 is 0 Å². The second-order valence-electron chi connectivity index (χ2n) is 2.18. The van der Waals surface area contributed by atoms with Gasteiger partial charge in [-0.2, -0.15) is 0 Å². The molecule has 5 heteroatoms. The molecule has 0 heterocycles. The molecule has 1 rings (SSSR count). The third-order valence-electron chi connectivity index (χ3n) is 1.40. The van der Waals surface area contributed by atoms with Crippen LogP contribution in [0.1, 0.15) is 5.56 Å². The average Bonchev–Trinajstić information content (AvgIpc) is 2.05. The van der Waals surface area contributed by atoms with Crippen LogP contribution >= 0.6 is 11.6 Å². The van der Waals surface area contributed by atoms with Crippen LogP contribution in [0.15, 0.2) is 18.2 Å². The van der Waals surface area contributed by atoms with Crippen molar-refractivity contribution in [2.75, 3.05) is 0 Å². The standard InChI is InChI=1S/C7H6ClNO3/c8-4-5-3-6(9(11)12)1-2-7(5)10/h1-3,10H,4H2/p-1. The molecule has 0 aliphatic carbocycles. The predicted octanol–water partition coefficient (Wildman–Crippen LogP) is 1.41. The van der Waals surface area contributed by atoms with Crippen molar-refractivity contribution in [3.8, 4) is 5.75 Å². The van der Waals surface area contributed by atoms with Gasteiger partial charge in [-0.15, -0.1) is 17.4 Å². The second-order valence-corrected chi connectivity index (χ2v) is 2.45. The Balaban J connectivity index is 3.13. The van der Waals surface area contributed by atoms with Crippen molar-refractivity contribution in [3.63, 3.8) is 0 Å². The van der Waals surface area contributed by atoms with Crippen LogP contribution in [0.2, 0.25) is 0 Å². The molecule has 64 valence electrons. The Labute approximate surface area is 73.5 Å². The summed E-state index contributed by atoms with van der Waals surface area (Å²) in [4.78, 5) is 9.68. The Kier molecular flexibility index (Phi) is 2.50. The molecule has 4 nitrogen and oxygen atoms in total. The topological polar surface area (TPSA) is 66.2 Å². The molecule has 0 aromatic heterocycles. The van der Waals surface area contributed by atoms with Gasteiger partial charge in [0.1, 0.15) is 0 Å². The van der Waals surface area contributed by atoms with E-state index in [-0.39, 0.29) is 22.9 Å². The molecule has 0 fully saturated rings. The first-order chi connectivity index (χ1) is 5.65. The third kappa shape index (κ3) is 1.65. The first-order valence-corrected chi connectivity index (χ1v) is 3.69. The lowest BCUT2D eigenvalue weighted by atomic mass is 10.2. The number of hydrogen-bond donors (Lipinski definition) is 0. The van der Waals surface area contributed by atoms with Crippen molar-refractivity contribution in [2.24, 2.45) is 0 Å². The number of halogens is 1. The Hall–Kier alpha value is -1.29. The fourth-order valence-corrected chi connectivity index (χ4v) is 0.993. The average molecular weight is 187 g/mol. The number of benzene rings is 1. The first kappa shape index (κ1) is 8.80. The zero-order chi connectivity index (χ0) is 9.14. The van der Waals surface area contributed by atoms with Crippen LogP contribution < -0.4 is 5.11 Å². The third-order valence-corrected chi connectivity index (χ3v) is 1.69. The number of nitrogens with zero attached hydrogens (tertiary/aromatic N) is 1. The van der Waals surface area contributed by atoms with Gasteiger partial charge in [0, 0.05) is 18.0 Å². The normalized spacial score (nSPS) is 9.75. The van der Waals surface area contributed by atoms with Crippen LogP contribution in [0, 0.1) is 10.1 Å². The van der Waals surface area contributed by atoms with Gasteiger partial charge in [0.25, 0.3) is 5.69 Å². The van der Waals surface area contributed by atoms with E-state index in [1.807, 2.05) is 0 Å². The maximum Gasteiger partial charge on any atom is 0.269 e. The van der Waals surface area contributed by atoms with E-state index < -0.39 is 4.92 Å². The number of nitro groups is 1. The summed E-state index contributed by atoms with van der Waals surface area (Å²) in [5.74, 6) is -0.267. The van der Waals surface area contributed by atoms with E-state index in [2.05, 4.69) is 0 Å². The Morgan fingerprint density at radius 3 is 2.67 bits per heavy atom. The van der Waals surface area contributed by atoms with Crippen molar-refractivity contribution >= 4 is 17.3 Å². The zero-order valence-electron chi connectivity index (χ0n) is 5.99. The molecular formula is C7H5ClNO3-. The minimum atomic E-state index is -0.560. The highest BCUT2D eigenvalue weighted by Gasteiger charge is 2.05. The number of rotatable bonds is 2. The Morgan fingerprint density at radius 2 is 2.17 bits per heavy atom. The van der Waals surface area contributed by atoms with Gasteiger partial charge < -0.3 is 5.11 Å². The SMILES string of the molecule is O=[N+]([O-])c1ccc([O-])c(CCl)c1. The van der Waals surface area contributed by atoms with Crippen molar-refractivity contribution in [2.45, 2.75) is 5.88 Å². The fourth-order valence-electron chi connectivity index (χ4n) is 0.784. The molecule has 0 amide bonds. The quantitative estimate of drug-likeness (QED) is 0.398. The van der Waals surface area contributed by atoms with Crippen molar-refractivity contribution in [1.29, 1.82) is 0 Å². The van der Waals surface area contributed by atoms with E-state index in [0.29, 0.717) is 0 Å². The summed E-state index contributed by atoms with van der Waals surface area (Å²) in [5, 5.41) is 21.2. The van der Waals surface area contributed by atoms with Crippen molar-refractivity contribution in [1.82, 2.24) is 0 Å². The van der Waals surface area contributed by atoms with E-state index in [1.54, 1.807) is 0 Å². The summed E-state index contributed by atoms with van der Waals surface area (Å²) in [6.07, 6.45) is 0. The Bertz CT molecular complexity index is 314. The van der Waals surface area contributed by atoms with Gasteiger partial charge in [-0.25, -0.2) is 0 Å². The molecular weight excluding hydrogens is 182 g/mol. The summed E-state index contributed by atoms with van der Waals surface area (Å²) in [5.41, 5.74) is 0.149. The lowest BCUT2D eigenvalue weighted by Crippen LogP contribution is -1.96. The smallest absolute Gasteiger partial charge is 0.269 e. The van der Waals surface area contributed by atoms with Gasteiger partial charge in [-0.3, -0.25) is 10.1 Å². The number of nitro benzene ring substituents is 1. The monoisotopic (exact) mass is 186 g/mol. The molecule has 0 saturated heterocycles. The van der Waals surface area contributed by atoms with Crippen molar-refractivity contribution in [3.05, 3.63) is 33.9 Å². The molecule has 0 radical (unpaired) electrons.